The van der Waals surface area contributed by atoms with Gasteiger partial charge in [0.1, 0.15) is 0 Å². The lowest BCUT2D eigenvalue weighted by Crippen LogP contribution is -2.03. The fourth-order valence-corrected chi connectivity index (χ4v) is 6.43. The SMILES string of the molecule is c1ccc2nc(-n3c4ccccc4c4ccc5c6ccccc6n(-c6cccc7ccccc67)c5c43)ncc2c1. The molecule has 0 aliphatic heterocycles. The predicted octanol–water partition coefficient (Wildman–Crippen LogP) is 8.98. The quantitative estimate of drug-likeness (QED) is 0.233. The molecule has 0 saturated heterocycles. The van der Waals surface area contributed by atoms with E-state index in [0.717, 1.165) is 33.1 Å². The third-order valence-corrected chi connectivity index (χ3v) is 8.15. The molecule has 0 saturated carbocycles. The highest BCUT2D eigenvalue weighted by molar-refractivity contribution is 6.24. The molecule has 0 bridgehead atoms. The molecule has 9 rings (SSSR count). The minimum Gasteiger partial charge on any atom is -0.307 e. The fraction of sp³-hybridized carbons (Fsp3) is 0. The summed E-state index contributed by atoms with van der Waals surface area (Å²) in [5, 5.41) is 8.27. The molecule has 0 amide bonds. The molecule has 0 spiro atoms. The Morgan fingerprint density at radius 3 is 1.77 bits per heavy atom. The van der Waals surface area contributed by atoms with Crippen LogP contribution in [0.2, 0.25) is 0 Å². The summed E-state index contributed by atoms with van der Waals surface area (Å²) in [6.45, 7) is 0. The zero-order valence-electron chi connectivity index (χ0n) is 21.5. The number of nitrogens with zero attached hydrogens (tertiary/aromatic N) is 4. The van der Waals surface area contributed by atoms with Gasteiger partial charge in [-0.2, -0.15) is 0 Å². The van der Waals surface area contributed by atoms with Gasteiger partial charge in [0, 0.05) is 38.5 Å². The molecule has 0 aliphatic carbocycles. The van der Waals surface area contributed by atoms with Crippen molar-refractivity contribution in [2.75, 3.05) is 0 Å². The molecule has 4 nitrogen and oxygen atoms in total. The molecule has 0 N–H and O–H groups in total. The topological polar surface area (TPSA) is 35.6 Å². The standard InChI is InChI=1S/C36H22N4/c1-3-13-25-23(10-1)12-9-19-31(25)39-32-17-7-4-14-26(32)28-20-21-29-27-15-5-8-18-33(27)40(35(29)34(28)39)36-37-22-24-11-2-6-16-30(24)38-36/h1-22H. The van der Waals surface area contributed by atoms with Gasteiger partial charge in [-0.25, -0.2) is 9.97 Å². The van der Waals surface area contributed by atoms with E-state index in [1.54, 1.807) is 0 Å². The van der Waals surface area contributed by atoms with E-state index in [0.29, 0.717) is 5.95 Å². The molecule has 6 aromatic carbocycles. The van der Waals surface area contributed by atoms with Crippen LogP contribution in [0, 0.1) is 0 Å². The Hall–Kier alpha value is -5.48. The maximum atomic E-state index is 5.07. The number of hydrogen-bond acceptors (Lipinski definition) is 2. The Morgan fingerprint density at radius 1 is 0.425 bits per heavy atom. The smallest absolute Gasteiger partial charge is 0.235 e. The van der Waals surface area contributed by atoms with Gasteiger partial charge in [0.05, 0.1) is 33.3 Å². The van der Waals surface area contributed by atoms with Crippen molar-refractivity contribution in [3.05, 3.63) is 134 Å². The average Bonchev–Trinajstić information content (AvgIpc) is 3.54. The zero-order valence-corrected chi connectivity index (χ0v) is 21.5. The fourth-order valence-electron chi connectivity index (χ4n) is 6.43. The van der Waals surface area contributed by atoms with E-state index in [2.05, 4.69) is 124 Å². The number of rotatable bonds is 2. The van der Waals surface area contributed by atoms with Gasteiger partial charge in [0.2, 0.25) is 5.95 Å². The van der Waals surface area contributed by atoms with E-state index in [4.69, 9.17) is 9.97 Å². The molecule has 0 unspecified atom stereocenters. The molecular weight excluding hydrogens is 488 g/mol. The maximum Gasteiger partial charge on any atom is 0.235 e. The van der Waals surface area contributed by atoms with Gasteiger partial charge >= 0.3 is 0 Å². The van der Waals surface area contributed by atoms with Crippen molar-refractivity contribution in [1.82, 2.24) is 19.1 Å². The molecule has 9 aromatic rings. The van der Waals surface area contributed by atoms with Gasteiger partial charge in [-0.05, 0) is 29.7 Å². The molecule has 3 aromatic heterocycles. The van der Waals surface area contributed by atoms with E-state index in [9.17, 15) is 0 Å². The highest BCUT2D eigenvalue weighted by Gasteiger charge is 2.22. The van der Waals surface area contributed by atoms with Crippen molar-refractivity contribution in [2.45, 2.75) is 0 Å². The lowest BCUT2D eigenvalue weighted by atomic mass is 10.1. The van der Waals surface area contributed by atoms with Crippen molar-refractivity contribution in [1.29, 1.82) is 0 Å². The maximum absolute atomic E-state index is 5.07. The molecule has 3 heterocycles. The van der Waals surface area contributed by atoms with Crippen LogP contribution < -0.4 is 0 Å². The highest BCUT2D eigenvalue weighted by atomic mass is 15.2. The summed E-state index contributed by atoms with van der Waals surface area (Å²) in [4.78, 5) is 9.98. The summed E-state index contributed by atoms with van der Waals surface area (Å²) in [7, 11) is 0. The summed E-state index contributed by atoms with van der Waals surface area (Å²) in [5.74, 6) is 0.673. The van der Waals surface area contributed by atoms with Crippen LogP contribution in [0.15, 0.2) is 134 Å². The molecule has 4 heteroatoms. The average molecular weight is 511 g/mol. The first-order chi connectivity index (χ1) is 19.9. The van der Waals surface area contributed by atoms with Gasteiger partial charge in [-0.1, -0.05) is 103 Å². The molecule has 0 atom stereocenters. The second-order valence-electron chi connectivity index (χ2n) is 10.3. The Bertz CT molecular complexity index is 2440. The van der Waals surface area contributed by atoms with Crippen LogP contribution >= 0.6 is 0 Å². The third-order valence-electron chi connectivity index (χ3n) is 8.15. The first-order valence-corrected chi connectivity index (χ1v) is 13.5. The lowest BCUT2D eigenvalue weighted by Gasteiger charge is -2.14. The Kier molecular flexibility index (Phi) is 4.30. The van der Waals surface area contributed by atoms with E-state index >= 15 is 0 Å². The van der Waals surface area contributed by atoms with Crippen LogP contribution in [0.3, 0.4) is 0 Å². The first-order valence-electron chi connectivity index (χ1n) is 13.5. The third kappa shape index (κ3) is 2.85. The van der Waals surface area contributed by atoms with E-state index in [1.165, 1.54) is 37.8 Å². The highest BCUT2D eigenvalue weighted by Crippen LogP contribution is 2.42. The summed E-state index contributed by atoms with van der Waals surface area (Å²) in [5.41, 5.74) is 6.63. The number of para-hydroxylation sites is 3. The van der Waals surface area contributed by atoms with Gasteiger partial charge in [0.15, 0.2) is 0 Å². The lowest BCUT2D eigenvalue weighted by molar-refractivity contribution is 1.01. The van der Waals surface area contributed by atoms with Crippen LogP contribution in [0.25, 0.3) is 76.9 Å². The van der Waals surface area contributed by atoms with Crippen molar-refractivity contribution < 1.29 is 0 Å². The number of aromatic nitrogens is 4. The van der Waals surface area contributed by atoms with Gasteiger partial charge in [-0.3, -0.25) is 4.57 Å². The minimum atomic E-state index is 0.673. The Labute approximate surface area is 229 Å². The van der Waals surface area contributed by atoms with E-state index in [-0.39, 0.29) is 0 Å². The molecule has 0 aliphatic rings. The van der Waals surface area contributed by atoms with Crippen molar-refractivity contribution in [3.8, 4) is 11.6 Å². The van der Waals surface area contributed by atoms with Crippen LogP contribution in [0.1, 0.15) is 0 Å². The normalized spacial score (nSPS) is 12.0. The largest absolute Gasteiger partial charge is 0.307 e. The molecule has 40 heavy (non-hydrogen) atoms. The van der Waals surface area contributed by atoms with Gasteiger partial charge in [-0.15, -0.1) is 0 Å². The first kappa shape index (κ1) is 21.5. The summed E-state index contributed by atoms with van der Waals surface area (Å²) in [6, 6.07) is 45.2. The predicted molar refractivity (Wildman–Crippen MR) is 166 cm³/mol. The van der Waals surface area contributed by atoms with Gasteiger partial charge < -0.3 is 4.57 Å². The number of benzene rings is 6. The van der Waals surface area contributed by atoms with Crippen molar-refractivity contribution in [3.63, 3.8) is 0 Å². The monoisotopic (exact) mass is 510 g/mol. The molecular formula is C36H22N4. The van der Waals surface area contributed by atoms with E-state index < -0.39 is 0 Å². The number of hydrogen-bond donors (Lipinski definition) is 0. The van der Waals surface area contributed by atoms with Crippen LogP contribution in [0.4, 0.5) is 0 Å². The Morgan fingerprint density at radius 2 is 1.00 bits per heavy atom. The Balaban J connectivity index is 1.54. The van der Waals surface area contributed by atoms with Crippen LogP contribution in [0.5, 0.6) is 0 Å². The number of fused-ring (bicyclic) bond motifs is 9. The van der Waals surface area contributed by atoms with Crippen molar-refractivity contribution >= 4 is 65.3 Å². The second-order valence-corrected chi connectivity index (χ2v) is 10.3. The second kappa shape index (κ2) is 8.01. The summed E-state index contributed by atoms with van der Waals surface area (Å²) >= 11 is 0. The minimum absolute atomic E-state index is 0.673. The van der Waals surface area contributed by atoms with Crippen LogP contribution in [-0.2, 0) is 0 Å². The van der Waals surface area contributed by atoms with Crippen molar-refractivity contribution in [2.24, 2.45) is 0 Å². The van der Waals surface area contributed by atoms with E-state index in [1.807, 2.05) is 18.3 Å². The molecule has 0 fully saturated rings. The molecule has 0 radical (unpaired) electrons. The summed E-state index contributed by atoms with van der Waals surface area (Å²) in [6.07, 6.45) is 1.93. The van der Waals surface area contributed by atoms with Crippen LogP contribution in [-0.4, -0.2) is 19.1 Å². The molecule has 186 valence electrons. The van der Waals surface area contributed by atoms with Gasteiger partial charge in [0.25, 0.3) is 0 Å². The summed E-state index contributed by atoms with van der Waals surface area (Å²) < 4.78 is 4.69. The zero-order chi connectivity index (χ0) is 26.2.